The van der Waals surface area contributed by atoms with Crippen molar-refractivity contribution in [1.82, 2.24) is 9.47 Å². The zero-order chi connectivity index (χ0) is 24.4. The molecule has 0 bridgehead atoms. The summed E-state index contributed by atoms with van der Waals surface area (Å²) in [5.41, 5.74) is 3.34. The van der Waals surface area contributed by atoms with Gasteiger partial charge in [-0.05, 0) is 43.9 Å². The van der Waals surface area contributed by atoms with Gasteiger partial charge in [0.25, 0.3) is 11.5 Å². The van der Waals surface area contributed by atoms with E-state index >= 15 is 0 Å². The number of nitriles is 1. The van der Waals surface area contributed by atoms with Gasteiger partial charge < -0.3 is 4.90 Å². The van der Waals surface area contributed by atoms with Crippen LogP contribution in [0.4, 0.5) is 5.82 Å². The molecule has 1 amide bonds. The summed E-state index contributed by atoms with van der Waals surface area (Å²) in [5, 5.41) is 9.68. The van der Waals surface area contributed by atoms with Crippen molar-refractivity contribution in [3.8, 4) is 6.07 Å². The number of pyridine rings is 1. The first-order valence-electron chi connectivity index (χ1n) is 11.5. The number of aromatic nitrogens is 1. The fourth-order valence-corrected chi connectivity index (χ4v) is 5.76. The second-order valence-corrected chi connectivity index (χ2v) is 10.5. The number of hydrogen-bond acceptors (Lipinski definition) is 6. The predicted octanol–water partition coefficient (Wildman–Crippen LogP) is 4.66. The fraction of sp³-hybridized carbons (Fsp3) is 0.385. The van der Waals surface area contributed by atoms with Gasteiger partial charge in [0.2, 0.25) is 0 Å². The number of carbonyl (C=O) groups excluding carboxylic acids is 1. The number of aryl methyl sites for hydroxylation is 1. The summed E-state index contributed by atoms with van der Waals surface area (Å²) in [4.78, 5) is 30.7. The van der Waals surface area contributed by atoms with Crippen molar-refractivity contribution in [1.29, 1.82) is 5.26 Å². The van der Waals surface area contributed by atoms with Crippen LogP contribution < -0.4 is 10.5 Å². The van der Waals surface area contributed by atoms with E-state index in [0.717, 1.165) is 61.3 Å². The fourth-order valence-electron chi connectivity index (χ4n) is 4.52. The van der Waals surface area contributed by atoms with Gasteiger partial charge in [-0.2, -0.15) is 5.26 Å². The number of nitrogens with zero attached hydrogens (tertiary/aromatic N) is 4. The van der Waals surface area contributed by atoms with Crippen molar-refractivity contribution in [2.24, 2.45) is 7.05 Å². The number of thiocarbonyl (C=S) groups is 1. The largest absolute Gasteiger partial charge is 0.357 e. The number of thioether (sulfide) groups is 1. The van der Waals surface area contributed by atoms with Crippen LogP contribution in [0.2, 0.25) is 0 Å². The normalized spacial score (nSPS) is 17.9. The SMILES string of the molecule is Cc1ccc(CN2C(=O)/C(=C/c3c(C)c(C#N)c(=O)n(C)c3N3CCCCCC3)SC2=S)cc1. The quantitative estimate of drug-likeness (QED) is 0.457. The first-order valence-corrected chi connectivity index (χ1v) is 12.7. The summed E-state index contributed by atoms with van der Waals surface area (Å²) < 4.78 is 2.08. The van der Waals surface area contributed by atoms with Crippen molar-refractivity contribution in [3.05, 3.63) is 67.3 Å². The predicted molar refractivity (Wildman–Crippen MR) is 142 cm³/mol. The topological polar surface area (TPSA) is 69.3 Å². The maximum Gasteiger partial charge on any atom is 0.270 e. The van der Waals surface area contributed by atoms with Crippen molar-refractivity contribution in [2.75, 3.05) is 18.0 Å². The van der Waals surface area contributed by atoms with Crippen LogP contribution in [-0.4, -0.2) is 32.8 Å². The molecule has 2 fully saturated rings. The Kier molecular flexibility index (Phi) is 7.24. The third-order valence-electron chi connectivity index (χ3n) is 6.48. The molecule has 6 nitrogen and oxygen atoms in total. The lowest BCUT2D eigenvalue weighted by molar-refractivity contribution is -0.122. The van der Waals surface area contributed by atoms with E-state index < -0.39 is 0 Å². The highest BCUT2D eigenvalue weighted by Gasteiger charge is 2.33. The molecular weight excluding hydrogens is 464 g/mol. The van der Waals surface area contributed by atoms with Crippen molar-refractivity contribution < 1.29 is 4.79 Å². The molecule has 34 heavy (non-hydrogen) atoms. The van der Waals surface area contributed by atoms with E-state index in [1.165, 1.54) is 11.8 Å². The van der Waals surface area contributed by atoms with E-state index in [1.807, 2.05) is 37.3 Å². The summed E-state index contributed by atoms with van der Waals surface area (Å²) in [6, 6.07) is 10.1. The molecule has 1 aromatic heterocycles. The van der Waals surface area contributed by atoms with Crippen LogP contribution in [0.3, 0.4) is 0 Å². The molecule has 2 aromatic rings. The van der Waals surface area contributed by atoms with E-state index in [2.05, 4.69) is 11.0 Å². The minimum absolute atomic E-state index is 0.113. The maximum atomic E-state index is 13.4. The van der Waals surface area contributed by atoms with Gasteiger partial charge >= 0.3 is 0 Å². The minimum Gasteiger partial charge on any atom is -0.357 e. The molecule has 1 aromatic carbocycles. The number of rotatable bonds is 4. The van der Waals surface area contributed by atoms with Crippen LogP contribution in [0.1, 0.15) is 53.5 Å². The second kappa shape index (κ2) is 10.2. The number of amides is 1. The Morgan fingerprint density at radius 1 is 1.09 bits per heavy atom. The van der Waals surface area contributed by atoms with Crippen LogP contribution in [0.25, 0.3) is 6.08 Å². The van der Waals surface area contributed by atoms with E-state index in [-0.39, 0.29) is 17.0 Å². The van der Waals surface area contributed by atoms with Gasteiger partial charge in [-0.3, -0.25) is 19.1 Å². The third-order valence-corrected chi connectivity index (χ3v) is 7.86. The molecule has 0 atom stereocenters. The third kappa shape index (κ3) is 4.68. The number of benzene rings is 1. The van der Waals surface area contributed by atoms with E-state index in [1.54, 1.807) is 23.4 Å². The molecule has 2 saturated heterocycles. The van der Waals surface area contributed by atoms with Gasteiger partial charge in [-0.1, -0.05) is 66.7 Å². The summed E-state index contributed by atoms with van der Waals surface area (Å²) in [5.74, 6) is 0.622. The van der Waals surface area contributed by atoms with Crippen molar-refractivity contribution in [2.45, 2.75) is 46.1 Å². The van der Waals surface area contributed by atoms with Crippen LogP contribution in [0.5, 0.6) is 0 Å². The highest BCUT2D eigenvalue weighted by atomic mass is 32.2. The zero-order valence-corrected chi connectivity index (χ0v) is 21.4. The van der Waals surface area contributed by atoms with Gasteiger partial charge in [0.05, 0.1) is 11.4 Å². The van der Waals surface area contributed by atoms with E-state index in [0.29, 0.717) is 21.3 Å². The summed E-state index contributed by atoms with van der Waals surface area (Å²) in [6.45, 7) is 5.91. The van der Waals surface area contributed by atoms with Crippen LogP contribution in [0.15, 0.2) is 34.0 Å². The summed E-state index contributed by atoms with van der Waals surface area (Å²) in [7, 11) is 1.71. The number of carbonyl (C=O) groups is 1. The van der Waals surface area contributed by atoms with Gasteiger partial charge in [0.1, 0.15) is 21.8 Å². The molecule has 0 radical (unpaired) electrons. The number of hydrogen-bond donors (Lipinski definition) is 0. The lowest BCUT2D eigenvalue weighted by atomic mass is 10.0. The average Bonchev–Trinajstić information content (AvgIpc) is 3.00. The Hall–Kier alpha value is -2.89. The van der Waals surface area contributed by atoms with Gasteiger partial charge in [-0.15, -0.1) is 0 Å². The van der Waals surface area contributed by atoms with Crippen LogP contribution >= 0.6 is 24.0 Å². The molecule has 2 aliphatic heterocycles. The minimum atomic E-state index is -0.302. The van der Waals surface area contributed by atoms with Gasteiger partial charge in [0, 0.05) is 25.7 Å². The Balaban J connectivity index is 1.77. The molecular formula is C26H28N4O2S2. The molecule has 0 aliphatic carbocycles. The molecule has 3 heterocycles. The first kappa shape index (κ1) is 24.2. The maximum absolute atomic E-state index is 13.4. The lowest BCUT2D eigenvalue weighted by Crippen LogP contribution is -2.34. The summed E-state index contributed by atoms with van der Waals surface area (Å²) >= 11 is 6.82. The van der Waals surface area contributed by atoms with Crippen molar-refractivity contribution in [3.63, 3.8) is 0 Å². The smallest absolute Gasteiger partial charge is 0.270 e. The standard InChI is InChI=1S/C26H28N4O2S2/c1-17-8-10-19(11-9-17)16-30-25(32)22(34-26(30)33)14-20-18(2)21(15-27)24(31)28(3)23(20)29-12-6-4-5-7-13-29/h8-11,14H,4-7,12-13,16H2,1-3H3/b22-14-. The Morgan fingerprint density at radius 3 is 2.35 bits per heavy atom. The Bertz CT molecular complexity index is 1260. The highest BCUT2D eigenvalue weighted by Crippen LogP contribution is 2.36. The van der Waals surface area contributed by atoms with Gasteiger partial charge in [0.15, 0.2) is 0 Å². The van der Waals surface area contributed by atoms with Crippen molar-refractivity contribution >= 4 is 46.1 Å². The average molecular weight is 493 g/mol. The molecule has 0 unspecified atom stereocenters. The molecule has 8 heteroatoms. The highest BCUT2D eigenvalue weighted by molar-refractivity contribution is 8.26. The monoisotopic (exact) mass is 492 g/mol. The molecule has 176 valence electrons. The number of anilines is 1. The molecule has 0 spiro atoms. The lowest BCUT2D eigenvalue weighted by Gasteiger charge is -2.28. The molecule has 2 aliphatic rings. The van der Waals surface area contributed by atoms with Crippen LogP contribution in [-0.2, 0) is 18.4 Å². The molecule has 0 saturated carbocycles. The van der Waals surface area contributed by atoms with E-state index in [9.17, 15) is 14.9 Å². The summed E-state index contributed by atoms with van der Waals surface area (Å²) in [6.07, 6.45) is 6.24. The zero-order valence-electron chi connectivity index (χ0n) is 19.8. The first-order chi connectivity index (χ1) is 16.3. The van der Waals surface area contributed by atoms with Gasteiger partial charge in [-0.25, -0.2) is 0 Å². The molecule has 0 N–H and O–H groups in total. The Morgan fingerprint density at radius 2 is 1.74 bits per heavy atom. The Labute approximate surface area is 209 Å². The van der Waals surface area contributed by atoms with E-state index in [4.69, 9.17) is 12.2 Å². The van der Waals surface area contributed by atoms with Crippen LogP contribution in [0, 0.1) is 25.2 Å². The molecule has 4 rings (SSSR count). The second-order valence-electron chi connectivity index (χ2n) is 8.87.